The second-order valence-corrected chi connectivity index (χ2v) is 5.74. The van der Waals surface area contributed by atoms with E-state index in [4.69, 9.17) is 0 Å². The number of carbonyl (C=O) groups excluding carboxylic acids is 1. The lowest BCUT2D eigenvalue weighted by Gasteiger charge is -2.20. The number of nitrogens with zero attached hydrogens (tertiary/aromatic N) is 1. The molecule has 116 valence electrons. The molecule has 0 aliphatic heterocycles. The van der Waals surface area contributed by atoms with E-state index < -0.39 is 17.8 Å². The van der Waals surface area contributed by atoms with Gasteiger partial charge in [-0.2, -0.15) is 0 Å². The predicted octanol–water partition coefficient (Wildman–Crippen LogP) is 2.11. The van der Waals surface area contributed by atoms with Crippen molar-refractivity contribution < 1.29 is 14.7 Å². The first-order valence-corrected chi connectivity index (χ1v) is 7.59. The highest BCUT2D eigenvalue weighted by Crippen LogP contribution is 2.38. The predicted molar refractivity (Wildman–Crippen MR) is 77.4 cm³/mol. The van der Waals surface area contributed by atoms with Crippen LogP contribution in [0.15, 0.2) is 12.4 Å². The molecular formula is C15H23N3O3. The van der Waals surface area contributed by atoms with Crippen molar-refractivity contribution in [2.45, 2.75) is 45.6 Å². The number of carbonyl (C=O) groups is 2. The average molecular weight is 293 g/mol. The molecule has 1 saturated carbocycles. The molecule has 6 heteroatoms. The highest BCUT2D eigenvalue weighted by Gasteiger charge is 2.42. The summed E-state index contributed by atoms with van der Waals surface area (Å²) in [6.07, 6.45) is 6.25. The molecule has 1 aromatic heterocycles. The maximum atomic E-state index is 12.5. The van der Waals surface area contributed by atoms with E-state index in [1.807, 2.05) is 13.8 Å². The zero-order valence-electron chi connectivity index (χ0n) is 12.5. The van der Waals surface area contributed by atoms with Gasteiger partial charge in [-0.3, -0.25) is 9.59 Å². The molecule has 4 unspecified atom stereocenters. The minimum Gasteiger partial charge on any atom is -0.481 e. The quantitative estimate of drug-likeness (QED) is 0.748. The van der Waals surface area contributed by atoms with Gasteiger partial charge in [0, 0.05) is 12.4 Å². The van der Waals surface area contributed by atoms with Gasteiger partial charge < -0.3 is 15.4 Å². The molecule has 6 nitrogen and oxygen atoms in total. The van der Waals surface area contributed by atoms with Crippen LogP contribution in [0.5, 0.6) is 0 Å². The SMILES string of the molecule is CCC1CC(C(=O)O)C(C(=O)NC(CC)c2ncc[nH]2)C1. The fourth-order valence-electron chi connectivity index (χ4n) is 3.15. The molecule has 1 heterocycles. The van der Waals surface area contributed by atoms with Gasteiger partial charge in [0.2, 0.25) is 5.91 Å². The number of aromatic nitrogens is 2. The Morgan fingerprint density at radius 2 is 2.14 bits per heavy atom. The first kappa shape index (κ1) is 15.5. The Bertz CT molecular complexity index is 486. The standard InChI is InChI=1S/C15H23N3O3/c1-3-9-7-10(11(8-9)15(20)21)14(19)18-12(4-2)13-16-5-6-17-13/h5-6,9-12H,3-4,7-8H2,1-2H3,(H,16,17)(H,18,19)(H,20,21). The Labute approximate surface area is 124 Å². The van der Waals surface area contributed by atoms with Crippen LogP contribution in [0.4, 0.5) is 0 Å². The van der Waals surface area contributed by atoms with Crippen LogP contribution < -0.4 is 5.32 Å². The Hall–Kier alpha value is -1.85. The highest BCUT2D eigenvalue weighted by molar-refractivity contribution is 5.85. The molecular weight excluding hydrogens is 270 g/mol. The lowest BCUT2D eigenvalue weighted by atomic mass is 9.95. The molecule has 0 saturated heterocycles. The maximum Gasteiger partial charge on any atom is 0.307 e. The van der Waals surface area contributed by atoms with Crippen molar-refractivity contribution in [2.75, 3.05) is 0 Å². The van der Waals surface area contributed by atoms with E-state index in [1.54, 1.807) is 12.4 Å². The summed E-state index contributed by atoms with van der Waals surface area (Å²) in [6.45, 7) is 4.01. The van der Waals surface area contributed by atoms with Crippen molar-refractivity contribution in [3.8, 4) is 0 Å². The van der Waals surface area contributed by atoms with Crippen molar-refractivity contribution >= 4 is 11.9 Å². The van der Waals surface area contributed by atoms with Crippen molar-refractivity contribution in [1.82, 2.24) is 15.3 Å². The molecule has 1 aromatic rings. The second kappa shape index (κ2) is 6.74. The molecule has 1 aliphatic rings. The molecule has 1 amide bonds. The molecule has 21 heavy (non-hydrogen) atoms. The van der Waals surface area contributed by atoms with E-state index in [9.17, 15) is 14.7 Å². The zero-order chi connectivity index (χ0) is 15.4. The van der Waals surface area contributed by atoms with E-state index in [1.165, 1.54) is 0 Å². The van der Waals surface area contributed by atoms with Crippen LogP contribution in [-0.4, -0.2) is 27.0 Å². The number of rotatable bonds is 6. The van der Waals surface area contributed by atoms with Gasteiger partial charge in [0.15, 0.2) is 0 Å². The van der Waals surface area contributed by atoms with Gasteiger partial charge >= 0.3 is 5.97 Å². The number of aromatic amines is 1. The van der Waals surface area contributed by atoms with Gasteiger partial charge in [0.05, 0.1) is 17.9 Å². The third kappa shape index (κ3) is 3.43. The number of nitrogens with one attached hydrogen (secondary N) is 2. The Balaban J connectivity index is 2.06. The Kier molecular flexibility index (Phi) is 4.98. The third-order valence-electron chi connectivity index (χ3n) is 4.47. The number of carboxylic acids is 1. The number of hydrogen-bond acceptors (Lipinski definition) is 3. The topological polar surface area (TPSA) is 95.1 Å². The summed E-state index contributed by atoms with van der Waals surface area (Å²) in [7, 11) is 0. The minimum absolute atomic E-state index is 0.165. The van der Waals surface area contributed by atoms with E-state index in [0.29, 0.717) is 31.0 Å². The van der Waals surface area contributed by atoms with Gasteiger partial charge in [-0.15, -0.1) is 0 Å². The van der Waals surface area contributed by atoms with Crippen LogP contribution in [-0.2, 0) is 9.59 Å². The van der Waals surface area contributed by atoms with Gasteiger partial charge in [-0.05, 0) is 25.2 Å². The van der Waals surface area contributed by atoms with E-state index in [0.717, 1.165) is 6.42 Å². The largest absolute Gasteiger partial charge is 0.481 e. The number of hydrogen-bond donors (Lipinski definition) is 3. The van der Waals surface area contributed by atoms with Crippen LogP contribution in [0, 0.1) is 17.8 Å². The van der Waals surface area contributed by atoms with E-state index in [2.05, 4.69) is 15.3 Å². The molecule has 4 atom stereocenters. The summed E-state index contributed by atoms with van der Waals surface area (Å²) in [4.78, 5) is 31.0. The Morgan fingerprint density at radius 1 is 1.43 bits per heavy atom. The van der Waals surface area contributed by atoms with Crippen LogP contribution in [0.3, 0.4) is 0 Å². The normalized spacial score (nSPS) is 26.5. The van der Waals surface area contributed by atoms with Gasteiger partial charge in [0.1, 0.15) is 5.82 Å². The van der Waals surface area contributed by atoms with Crippen LogP contribution >= 0.6 is 0 Å². The summed E-state index contributed by atoms with van der Waals surface area (Å²) in [6, 6.07) is -0.192. The molecule has 1 fully saturated rings. The smallest absolute Gasteiger partial charge is 0.307 e. The van der Waals surface area contributed by atoms with Crippen LogP contribution in [0.2, 0.25) is 0 Å². The molecule has 0 aromatic carbocycles. The summed E-state index contributed by atoms with van der Waals surface area (Å²) in [5.41, 5.74) is 0. The molecule has 2 rings (SSSR count). The zero-order valence-corrected chi connectivity index (χ0v) is 12.5. The fraction of sp³-hybridized carbons (Fsp3) is 0.667. The number of imidazole rings is 1. The number of aliphatic carboxylic acids is 1. The summed E-state index contributed by atoms with van der Waals surface area (Å²) in [5.74, 6) is -0.993. The number of carboxylic acid groups (broad SMARTS) is 1. The van der Waals surface area contributed by atoms with E-state index >= 15 is 0 Å². The van der Waals surface area contributed by atoms with Gasteiger partial charge in [0.25, 0.3) is 0 Å². The molecule has 3 N–H and O–H groups in total. The summed E-state index contributed by atoms with van der Waals surface area (Å²) in [5, 5.41) is 12.3. The van der Waals surface area contributed by atoms with Crippen molar-refractivity contribution in [3.63, 3.8) is 0 Å². The molecule has 0 bridgehead atoms. The van der Waals surface area contributed by atoms with Crippen LogP contribution in [0.1, 0.15) is 51.4 Å². The van der Waals surface area contributed by atoms with Gasteiger partial charge in [-0.1, -0.05) is 20.3 Å². The maximum absolute atomic E-state index is 12.5. The Morgan fingerprint density at radius 3 is 2.67 bits per heavy atom. The monoisotopic (exact) mass is 293 g/mol. The molecule has 1 aliphatic carbocycles. The molecule has 0 radical (unpaired) electrons. The fourth-order valence-corrected chi connectivity index (χ4v) is 3.15. The van der Waals surface area contributed by atoms with Gasteiger partial charge in [-0.25, -0.2) is 4.98 Å². The summed E-state index contributed by atoms with van der Waals surface area (Å²) < 4.78 is 0. The first-order valence-electron chi connectivity index (χ1n) is 7.59. The summed E-state index contributed by atoms with van der Waals surface area (Å²) >= 11 is 0. The highest BCUT2D eigenvalue weighted by atomic mass is 16.4. The van der Waals surface area contributed by atoms with Crippen molar-refractivity contribution in [1.29, 1.82) is 0 Å². The first-order chi connectivity index (χ1) is 10.1. The van der Waals surface area contributed by atoms with Crippen molar-refractivity contribution in [3.05, 3.63) is 18.2 Å². The van der Waals surface area contributed by atoms with Crippen LogP contribution in [0.25, 0.3) is 0 Å². The van der Waals surface area contributed by atoms with Crippen molar-refractivity contribution in [2.24, 2.45) is 17.8 Å². The third-order valence-corrected chi connectivity index (χ3v) is 4.47. The molecule has 0 spiro atoms. The number of amides is 1. The van der Waals surface area contributed by atoms with E-state index in [-0.39, 0.29) is 11.9 Å². The second-order valence-electron chi connectivity index (χ2n) is 5.74. The lowest BCUT2D eigenvalue weighted by Crippen LogP contribution is -2.37. The minimum atomic E-state index is -0.864. The average Bonchev–Trinajstić information content (AvgIpc) is 3.13. The number of H-pyrrole nitrogens is 1. The lowest BCUT2D eigenvalue weighted by molar-refractivity contribution is -0.146.